The number of benzene rings is 2. The summed E-state index contributed by atoms with van der Waals surface area (Å²) < 4.78 is 5.96. The standard InChI is InChI=1S/C30H39ClN4O/c1-5-25(15-14-23(2)31)22-33-29-17-16-27(34(4)26-12-7-6-8-13-26)21-28(29)30(32)36-20-10-19-35-18-9-11-24(35)3/h5-8,12-17,21,24,32-33H,2,9-11,18-20,22H2,1,3-4H3/b15-14-,25-5+,32-30?. The number of nitrogens with zero attached hydrogens (tertiary/aromatic N) is 2. The van der Waals surface area contributed by atoms with Crippen LogP contribution in [0.5, 0.6) is 0 Å². The summed E-state index contributed by atoms with van der Waals surface area (Å²) in [6.07, 6.45) is 9.22. The van der Waals surface area contributed by atoms with E-state index in [1.165, 1.54) is 19.4 Å². The second-order valence-electron chi connectivity index (χ2n) is 9.18. The normalized spacial score (nSPS) is 16.3. The molecule has 1 aliphatic heterocycles. The van der Waals surface area contributed by atoms with E-state index in [2.05, 4.69) is 46.8 Å². The number of ether oxygens (including phenoxy) is 1. The van der Waals surface area contributed by atoms with Gasteiger partial charge in [-0.15, -0.1) is 0 Å². The van der Waals surface area contributed by atoms with Crippen molar-refractivity contribution in [3.05, 3.63) is 89.5 Å². The zero-order valence-corrected chi connectivity index (χ0v) is 22.5. The molecule has 1 fully saturated rings. The smallest absolute Gasteiger partial charge is 0.215 e. The average Bonchev–Trinajstić information content (AvgIpc) is 3.30. The highest BCUT2D eigenvalue weighted by atomic mass is 35.5. The Hall–Kier alpha value is -3.02. The number of likely N-dealkylation sites (tertiary alicyclic amines) is 1. The second-order valence-corrected chi connectivity index (χ2v) is 9.67. The van der Waals surface area contributed by atoms with E-state index in [0.29, 0.717) is 24.2 Å². The van der Waals surface area contributed by atoms with Gasteiger partial charge < -0.3 is 19.9 Å². The average molecular weight is 507 g/mol. The third kappa shape index (κ3) is 8.00. The maximum Gasteiger partial charge on any atom is 0.215 e. The van der Waals surface area contributed by atoms with Gasteiger partial charge >= 0.3 is 0 Å². The van der Waals surface area contributed by atoms with Gasteiger partial charge in [0.25, 0.3) is 0 Å². The van der Waals surface area contributed by atoms with Crippen molar-refractivity contribution in [2.75, 3.05) is 43.5 Å². The second kappa shape index (κ2) is 13.9. The van der Waals surface area contributed by atoms with E-state index in [1.807, 2.05) is 56.5 Å². The fraction of sp³-hybridized carbons (Fsp3) is 0.367. The Morgan fingerprint density at radius 3 is 2.67 bits per heavy atom. The first-order valence-corrected chi connectivity index (χ1v) is 13.1. The lowest BCUT2D eigenvalue weighted by Crippen LogP contribution is -2.28. The van der Waals surface area contributed by atoms with E-state index in [1.54, 1.807) is 6.08 Å². The van der Waals surface area contributed by atoms with Gasteiger partial charge in [-0.1, -0.05) is 48.5 Å². The lowest BCUT2D eigenvalue weighted by Gasteiger charge is -2.23. The van der Waals surface area contributed by atoms with Crippen molar-refractivity contribution in [1.29, 1.82) is 5.41 Å². The van der Waals surface area contributed by atoms with E-state index in [0.717, 1.165) is 41.2 Å². The number of rotatable bonds is 12. The maximum absolute atomic E-state index is 8.76. The minimum atomic E-state index is 0.182. The lowest BCUT2D eigenvalue weighted by molar-refractivity contribution is 0.225. The minimum absolute atomic E-state index is 0.182. The molecular formula is C30H39ClN4O. The van der Waals surface area contributed by atoms with Crippen LogP contribution in [-0.4, -0.2) is 50.1 Å². The molecule has 0 aromatic heterocycles. The van der Waals surface area contributed by atoms with Gasteiger partial charge in [0.15, 0.2) is 0 Å². The van der Waals surface area contributed by atoms with Gasteiger partial charge in [0.05, 0.1) is 12.2 Å². The number of nitrogens with one attached hydrogen (secondary N) is 2. The van der Waals surface area contributed by atoms with Gasteiger partial charge in [-0.2, -0.15) is 0 Å². The zero-order chi connectivity index (χ0) is 25.9. The molecule has 3 rings (SSSR count). The van der Waals surface area contributed by atoms with E-state index in [9.17, 15) is 0 Å². The quantitative estimate of drug-likeness (QED) is 0.137. The van der Waals surface area contributed by atoms with Crippen molar-refractivity contribution >= 4 is 34.6 Å². The minimum Gasteiger partial charge on any atom is -0.478 e. The third-order valence-corrected chi connectivity index (χ3v) is 6.76. The predicted molar refractivity (Wildman–Crippen MR) is 155 cm³/mol. The van der Waals surface area contributed by atoms with Crippen molar-refractivity contribution in [3.63, 3.8) is 0 Å². The highest BCUT2D eigenvalue weighted by molar-refractivity contribution is 6.30. The Kier molecular flexibility index (Phi) is 10.6. The summed E-state index contributed by atoms with van der Waals surface area (Å²) in [5, 5.41) is 12.7. The Labute approximate surface area is 221 Å². The summed E-state index contributed by atoms with van der Waals surface area (Å²) in [4.78, 5) is 4.62. The summed E-state index contributed by atoms with van der Waals surface area (Å²) in [7, 11) is 2.03. The molecular weight excluding hydrogens is 468 g/mol. The van der Waals surface area contributed by atoms with Crippen LogP contribution in [0, 0.1) is 5.41 Å². The summed E-state index contributed by atoms with van der Waals surface area (Å²) in [6.45, 7) is 11.3. The molecule has 0 bridgehead atoms. The highest BCUT2D eigenvalue weighted by Gasteiger charge is 2.19. The molecule has 2 aromatic rings. The molecule has 5 nitrogen and oxygen atoms in total. The summed E-state index contributed by atoms with van der Waals surface area (Å²) in [6, 6.07) is 17.0. The van der Waals surface area contributed by atoms with Gasteiger partial charge in [-0.05, 0) is 81.6 Å². The van der Waals surface area contributed by atoms with Crippen LogP contribution >= 0.6 is 11.6 Å². The lowest BCUT2D eigenvalue weighted by atomic mass is 10.1. The number of anilines is 3. The number of para-hydroxylation sites is 1. The molecule has 1 unspecified atom stereocenters. The van der Waals surface area contributed by atoms with Crippen molar-refractivity contribution < 1.29 is 4.74 Å². The number of hydrogen-bond acceptors (Lipinski definition) is 5. The number of halogens is 1. The van der Waals surface area contributed by atoms with Crippen LogP contribution in [0.25, 0.3) is 0 Å². The van der Waals surface area contributed by atoms with Crippen LogP contribution < -0.4 is 10.2 Å². The van der Waals surface area contributed by atoms with E-state index >= 15 is 0 Å². The first-order chi connectivity index (χ1) is 17.4. The first kappa shape index (κ1) is 27.6. The Morgan fingerprint density at radius 2 is 2.00 bits per heavy atom. The molecule has 192 valence electrons. The van der Waals surface area contributed by atoms with Gasteiger partial charge in [-0.25, -0.2) is 0 Å². The highest BCUT2D eigenvalue weighted by Crippen LogP contribution is 2.28. The summed E-state index contributed by atoms with van der Waals surface area (Å²) >= 11 is 5.89. The van der Waals surface area contributed by atoms with Crippen molar-refractivity contribution in [2.24, 2.45) is 0 Å². The van der Waals surface area contributed by atoms with Gasteiger partial charge in [0.1, 0.15) is 0 Å². The van der Waals surface area contributed by atoms with Crippen LogP contribution in [0.1, 0.15) is 38.7 Å². The molecule has 0 saturated carbocycles. The fourth-order valence-corrected chi connectivity index (χ4v) is 4.44. The maximum atomic E-state index is 8.76. The molecule has 1 aliphatic rings. The Balaban J connectivity index is 1.74. The van der Waals surface area contributed by atoms with Crippen LogP contribution in [0.4, 0.5) is 17.1 Å². The molecule has 0 aliphatic carbocycles. The first-order valence-electron chi connectivity index (χ1n) is 12.7. The summed E-state index contributed by atoms with van der Waals surface area (Å²) in [5.74, 6) is 0.182. The molecule has 1 atom stereocenters. The van der Waals surface area contributed by atoms with Gasteiger partial charge in [0.2, 0.25) is 5.90 Å². The van der Waals surface area contributed by atoms with Crippen molar-refractivity contribution in [3.8, 4) is 0 Å². The molecule has 1 heterocycles. The van der Waals surface area contributed by atoms with Crippen LogP contribution in [-0.2, 0) is 4.74 Å². The number of allylic oxidation sites excluding steroid dienone is 3. The molecule has 0 amide bonds. The van der Waals surface area contributed by atoms with Gasteiger partial charge in [0, 0.05) is 48.3 Å². The Bertz CT molecular complexity index is 1080. The van der Waals surface area contributed by atoms with E-state index < -0.39 is 0 Å². The van der Waals surface area contributed by atoms with E-state index in [-0.39, 0.29) is 5.90 Å². The van der Waals surface area contributed by atoms with Crippen LogP contribution in [0.15, 0.2) is 83.9 Å². The Morgan fingerprint density at radius 1 is 1.22 bits per heavy atom. The largest absolute Gasteiger partial charge is 0.478 e. The summed E-state index contributed by atoms with van der Waals surface area (Å²) in [5.41, 5.74) is 4.74. The van der Waals surface area contributed by atoms with Crippen LogP contribution in [0.2, 0.25) is 0 Å². The van der Waals surface area contributed by atoms with E-state index in [4.69, 9.17) is 21.7 Å². The fourth-order valence-electron chi connectivity index (χ4n) is 4.38. The molecule has 6 heteroatoms. The topological polar surface area (TPSA) is 51.6 Å². The number of hydrogen-bond donors (Lipinski definition) is 2. The zero-order valence-electron chi connectivity index (χ0n) is 21.8. The molecule has 2 aromatic carbocycles. The SMILES string of the molecule is C=C(Cl)/C=C\C(=C/C)CNc1ccc(N(C)c2ccccc2)cc1C(=N)OCCCN1CCCC1C. The molecule has 0 spiro atoms. The predicted octanol–water partition coefficient (Wildman–Crippen LogP) is 7.34. The van der Waals surface area contributed by atoms with Crippen LogP contribution in [0.3, 0.4) is 0 Å². The monoisotopic (exact) mass is 506 g/mol. The van der Waals surface area contributed by atoms with Gasteiger partial charge in [-0.3, -0.25) is 5.41 Å². The molecule has 0 radical (unpaired) electrons. The molecule has 36 heavy (non-hydrogen) atoms. The third-order valence-electron chi connectivity index (χ3n) is 6.64. The molecule has 1 saturated heterocycles. The van der Waals surface area contributed by atoms with Crippen molar-refractivity contribution in [2.45, 2.75) is 39.2 Å². The molecule has 2 N–H and O–H groups in total. The van der Waals surface area contributed by atoms with Crippen molar-refractivity contribution in [1.82, 2.24) is 4.90 Å².